The molecule has 0 fully saturated rings. The summed E-state index contributed by atoms with van der Waals surface area (Å²) >= 11 is 1.69. The number of carbonyl (C=O) groups excluding carboxylic acids is 1. The summed E-state index contributed by atoms with van der Waals surface area (Å²) in [5.74, 6) is -0.425. The van der Waals surface area contributed by atoms with Gasteiger partial charge >= 0.3 is 5.97 Å². The predicted molar refractivity (Wildman–Crippen MR) is 90.9 cm³/mol. The number of thiophene rings is 1. The fourth-order valence-corrected chi connectivity index (χ4v) is 4.44. The van der Waals surface area contributed by atoms with Crippen LogP contribution in [0.3, 0.4) is 0 Å². The molecule has 7 heteroatoms. The molecule has 1 aliphatic rings. The van der Waals surface area contributed by atoms with Gasteiger partial charge in [0.1, 0.15) is 17.2 Å². The maximum Gasteiger partial charge on any atom is 0.340 e. The summed E-state index contributed by atoms with van der Waals surface area (Å²) < 4.78 is 18.5. The Labute approximate surface area is 141 Å². The van der Waals surface area contributed by atoms with Crippen molar-refractivity contribution in [2.24, 2.45) is 0 Å². The van der Waals surface area contributed by atoms with Crippen LogP contribution in [-0.2, 0) is 17.7 Å². The number of nitrogens with one attached hydrogen (secondary N) is 2. The van der Waals surface area contributed by atoms with Crippen LogP contribution < -0.4 is 5.32 Å². The molecule has 1 aliphatic heterocycles. The van der Waals surface area contributed by atoms with E-state index in [1.807, 2.05) is 0 Å². The predicted octanol–water partition coefficient (Wildman–Crippen LogP) is 3.17. The van der Waals surface area contributed by atoms with Gasteiger partial charge < -0.3 is 15.0 Å². The van der Waals surface area contributed by atoms with Gasteiger partial charge in [-0.25, -0.2) is 14.2 Å². The zero-order valence-corrected chi connectivity index (χ0v) is 14.1. The van der Waals surface area contributed by atoms with Crippen LogP contribution in [0.15, 0.2) is 12.1 Å². The number of benzene rings is 1. The number of imidazole rings is 1. The number of rotatable bonds is 2. The highest BCUT2D eigenvalue weighted by atomic mass is 32.1. The molecule has 0 spiro atoms. The highest BCUT2D eigenvalue weighted by Gasteiger charge is 2.22. The van der Waals surface area contributed by atoms with Gasteiger partial charge in [0.15, 0.2) is 0 Å². The molecule has 0 saturated heterocycles. The van der Waals surface area contributed by atoms with E-state index in [1.165, 1.54) is 29.2 Å². The van der Waals surface area contributed by atoms with E-state index in [9.17, 15) is 9.18 Å². The summed E-state index contributed by atoms with van der Waals surface area (Å²) in [6.07, 6.45) is 1.000. The number of hydrogen-bond donors (Lipinski definition) is 2. The molecule has 0 amide bonds. The van der Waals surface area contributed by atoms with Crippen molar-refractivity contribution in [2.75, 3.05) is 13.7 Å². The number of hydrogen-bond acceptors (Lipinski definition) is 5. The fraction of sp³-hybridized carbons (Fsp3) is 0.294. The molecule has 0 saturated carbocycles. The third-order valence-electron chi connectivity index (χ3n) is 4.36. The van der Waals surface area contributed by atoms with Gasteiger partial charge in [-0.05, 0) is 43.1 Å². The molecule has 1 aromatic carbocycles. The van der Waals surface area contributed by atoms with Gasteiger partial charge in [0.2, 0.25) is 0 Å². The van der Waals surface area contributed by atoms with Crippen LogP contribution in [0.2, 0.25) is 0 Å². The average molecular weight is 345 g/mol. The maximum atomic E-state index is 13.8. The minimum absolute atomic E-state index is 0.135. The van der Waals surface area contributed by atoms with Crippen molar-refractivity contribution in [3.63, 3.8) is 0 Å². The van der Waals surface area contributed by atoms with Gasteiger partial charge in [0.25, 0.3) is 0 Å². The average Bonchev–Trinajstić information content (AvgIpc) is 3.15. The van der Waals surface area contributed by atoms with Crippen molar-refractivity contribution < 1.29 is 13.9 Å². The molecule has 24 heavy (non-hydrogen) atoms. The number of aromatic nitrogens is 2. The van der Waals surface area contributed by atoms with E-state index >= 15 is 0 Å². The van der Waals surface area contributed by atoms with Crippen LogP contribution in [0.5, 0.6) is 0 Å². The van der Waals surface area contributed by atoms with Crippen molar-refractivity contribution >= 4 is 28.3 Å². The van der Waals surface area contributed by atoms with Gasteiger partial charge in [-0.2, -0.15) is 0 Å². The van der Waals surface area contributed by atoms with Crippen molar-refractivity contribution in [3.8, 4) is 10.7 Å². The Bertz CT molecular complexity index is 961. The number of methoxy groups -OCH3 is 1. The van der Waals surface area contributed by atoms with Gasteiger partial charge in [0, 0.05) is 11.4 Å². The third-order valence-corrected chi connectivity index (χ3v) is 5.70. The molecular weight excluding hydrogens is 329 g/mol. The molecule has 3 aromatic rings. The quantitative estimate of drug-likeness (QED) is 0.700. The van der Waals surface area contributed by atoms with Gasteiger partial charge in [-0.3, -0.25) is 0 Å². The summed E-state index contributed by atoms with van der Waals surface area (Å²) in [6, 6.07) is 2.51. The topological polar surface area (TPSA) is 67.0 Å². The van der Waals surface area contributed by atoms with Gasteiger partial charge in [0.05, 0.1) is 23.1 Å². The largest absolute Gasteiger partial charge is 0.465 e. The van der Waals surface area contributed by atoms with Crippen LogP contribution in [0, 0.1) is 12.7 Å². The molecule has 4 rings (SSSR count). The Hall–Kier alpha value is -2.25. The number of aromatic amines is 1. The molecule has 0 radical (unpaired) electrons. The second kappa shape index (κ2) is 5.68. The first kappa shape index (κ1) is 15.3. The minimum Gasteiger partial charge on any atom is -0.465 e. The number of carbonyl (C=O) groups is 1. The lowest BCUT2D eigenvalue weighted by atomic mass is 10.0. The van der Waals surface area contributed by atoms with Gasteiger partial charge in [-0.15, -0.1) is 11.3 Å². The van der Waals surface area contributed by atoms with E-state index in [-0.39, 0.29) is 5.56 Å². The van der Waals surface area contributed by atoms with Crippen molar-refractivity contribution in [2.45, 2.75) is 19.9 Å². The Balaban J connectivity index is 1.90. The Morgan fingerprint density at radius 3 is 3.00 bits per heavy atom. The first-order chi connectivity index (χ1) is 11.6. The number of ether oxygens (including phenoxy) is 1. The van der Waals surface area contributed by atoms with Crippen LogP contribution in [0.25, 0.3) is 21.7 Å². The smallest absolute Gasteiger partial charge is 0.340 e. The number of esters is 1. The maximum absolute atomic E-state index is 13.8. The van der Waals surface area contributed by atoms with Gasteiger partial charge in [-0.1, -0.05) is 0 Å². The molecule has 0 aliphatic carbocycles. The van der Waals surface area contributed by atoms with Crippen molar-refractivity contribution in [3.05, 3.63) is 39.5 Å². The second-order valence-electron chi connectivity index (χ2n) is 5.81. The van der Waals surface area contributed by atoms with Crippen molar-refractivity contribution in [1.29, 1.82) is 0 Å². The highest BCUT2D eigenvalue weighted by molar-refractivity contribution is 7.15. The summed E-state index contributed by atoms with van der Waals surface area (Å²) in [5.41, 5.74) is 3.64. The zero-order valence-electron chi connectivity index (χ0n) is 13.3. The summed E-state index contributed by atoms with van der Waals surface area (Å²) in [7, 11) is 1.27. The van der Waals surface area contributed by atoms with Crippen LogP contribution >= 0.6 is 11.3 Å². The van der Waals surface area contributed by atoms with E-state index in [0.717, 1.165) is 30.5 Å². The molecule has 0 atom stereocenters. The van der Waals surface area contributed by atoms with E-state index in [2.05, 4.69) is 22.2 Å². The molecule has 124 valence electrons. The molecule has 0 bridgehead atoms. The van der Waals surface area contributed by atoms with E-state index in [1.54, 1.807) is 11.3 Å². The number of fused-ring (bicyclic) bond motifs is 2. The van der Waals surface area contributed by atoms with Crippen LogP contribution in [-0.4, -0.2) is 29.6 Å². The normalized spacial score (nSPS) is 14.0. The minimum atomic E-state index is -0.594. The fourth-order valence-electron chi connectivity index (χ4n) is 3.17. The monoisotopic (exact) mass is 345 g/mol. The summed E-state index contributed by atoms with van der Waals surface area (Å²) in [4.78, 5) is 22.0. The molecular formula is C17H16FN3O2S. The first-order valence-corrected chi connectivity index (χ1v) is 8.50. The second-order valence-corrected chi connectivity index (χ2v) is 6.92. The van der Waals surface area contributed by atoms with Crippen molar-refractivity contribution in [1.82, 2.24) is 15.3 Å². The molecule has 3 heterocycles. The number of halogens is 1. The Kier molecular flexibility index (Phi) is 3.62. The van der Waals surface area contributed by atoms with E-state index in [0.29, 0.717) is 16.9 Å². The van der Waals surface area contributed by atoms with Crippen LogP contribution in [0.4, 0.5) is 4.39 Å². The van der Waals surface area contributed by atoms with Crippen LogP contribution in [0.1, 0.15) is 26.4 Å². The molecule has 0 unspecified atom stereocenters. The SMILES string of the molecule is COC(=O)c1cc(F)cc2[nH]c(-c3sc4c(c3C)CCNC4)nc12. The third kappa shape index (κ3) is 2.32. The molecule has 2 aromatic heterocycles. The number of nitrogens with zero attached hydrogens (tertiary/aromatic N) is 1. The first-order valence-electron chi connectivity index (χ1n) is 7.68. The Morgan fingerprint density at radius 2 is 2.25 bits per heavy atom. The molecule has 5 nitrogen and oxygen atoms in total. The van der Waals surface area contributed by atoms with E-state index in [4.69, 9.17) is 4.74 Å². The highest BCUT2D eigenvalue weighted by Crippen LogP contribution is 2.37. The zero-order chi connectivity index (χ0) is 16.8. The standard InChI is InChI=1S/C17H16FN3O2S/c1-8-10-3-4-19-7-13(10)24-15(8)16-20-12-6-9(18)5-11(14(12)21-16)17(22)23-2/h5-6,19H,3-4,7H2,1-2H3,(H,20,21). The molecule has 2 N–H and O–H groups in total. The lowest BCUT2D eigenvalue weighted by molar-refractivity contribution is 0.0602. The summed E-state index contributed by atoms with van der Waals surface area (Å²) in [5, 5.41) is 3.37. The Morgan fingerprint density at radius 1 is 1.42 bits per heavy atom. The number of H-pyrrole nitrogens is 1. The lowest BCUT2D eigenvalue weighted by Crippen LogP contribution is -2.22. The van der Waals surface area contributed by atoms with E-state index < -0.39 is 11.8 Å². The lowest BCUT2D eigenvalue weighted by Gasteiger charge is -2.12. The summed E-state index contributed by atoms with van der Waals surface area (Å²) in [6.45, 7) is 3.93.